The molecule has 0 radical (unpaired) electrons. The first-order valence-electron chi connectivity index (χ1n) is 8.02. The third-order valence-electron chi connectivity index (χ3n) is 4.25. The molecule has 1 aliphatic rings. The quantitative estimate of drug-likeness (QED) is 0.674. The Morgan fingerprint density at radius 1 is 1.31 bits per heavy atom. The fourth-order valence-electron chi connectivity index (χ4n) is 2.76. The van der Waals surface area contributed by atoms with Gasteiger partial charge in [-0.3, -0.25) is 9.59 Å². The van der Waals surface area contributed by atoms with E-state index in [1.807, 2.05) is 13.8 Å². The van der Waals surface area contributed by atoms with Gasteiger partial charge in [0.25, 0.3) is 5.56 Å². The van der Waals surface area contributed by atoms with E-state index in [2.05, 4.69) is 9.97 Å². The van der Waals surface area contributed by atoms with Crippen LogP contribution in [0.15, 0.2) is 23.0 Å². The van der Waals surface area contributed by atoms with Crippen molar-refractivity contribution in [2.24, 2.45) is 0 Å². The van der Waals surface area contributed by atoms with Crippen molar-refractivity contribution in [2.45, 2.75) is 19.6 Å². The summed E-state index contributed by atoms with van der Waals surface area (Å²) < 4.78 is 10.5. The molecule has 0 spiro atoms. The van der Waals surface area contributed by atoms with Crippen LogP contribution in [0, 0.1) is 13.8 Å². The summed E-state index contributed by atoms with van der Waals surface area (Å²) >= 11 is 2.94. The standard InChI is InChI=1S/C18H16N2O4S2/c1-9-10(2)26-18-16(9)17(22)19-15(20-18)7-25-6-12(21)11-3-4-13-14(5-11)24-8-23-13/h3-5H,6-8H2,1-2H3,(H,19,20,22). The average Bonchev–Trinajstić information content (AvgIpc) is 3.19. The minimum Gasteiger partial charge on any atom is -0.454 e. The average molecular weight is 388 g/mol. The first-order valence-corrected chi connectivity index (χ1v) is 9.99. The summed E-state index contributed by atoms with van der Waals surface area (Å²) in [7, 11) is 0. The van der Waals surface area contributed by atoms with E-state index in [1.165, 1.54) is 23.1 Å². The highest BCUT2D eigenvalue weighted by Gasteiger charge is 2.17. The number of rotatable bonds is 5. The van der Waals surface area contributed by atoms with Crippen LogP contribution < -0.4 is 15.0 Å². The Labute approximate surface area is 157 Å². The lowest BCUT2D eigenvalue weighted by atomic mass is 10.1. The van der Waals surface area contributed by atoms with Gasteiger partial charge >= 0.3 is 0 Å². The number of ether oxygens (including phenoxy) is 2. The van der Waals surface area contributed by atoms with Crippen LogP contribution in [0.3, 0.4) is 0 Å². The highest BCUT2D eigenvalue weighted by molar-refractivity contribution is 7.99. The molecular weight excluding hydrogens is 372 g/mol. The maximum absolute atomic E-state index is 12.4. The molecule has 0 aliphatic carbocycles. The summed E-state index contributed by atoms with van der Waals surface area (Å²) in [6, 6.07) is 5.18. The number of fused-ring (bicyclic) bond motifs is 2. The molecule has 0 atom stereocenters. The monoisotopic (exact) mass is 388 g/mol. The molecule has 0 saturated carbocycles. The predicted molar refractivity (Wildman–Crippen MR) is 103 cm³/mol. The molecule has 26 heavy (non-hydrogen) atoms. The number of aryl methyl sites for hydroxylation is 2. The molecule has 0 bridgehead atoms. The van der Waals surface area contributed by atoms with Crippen molar-refractivity contribution in [1.82, 2.24) is 9.97 Å². The fraction of sp³-hybridized carbons (Fsp3) is 0.278. The largest absolute Gasteiger partial charge is 0.454 e. The van der Waals surface area contributed by atoms with Gasteiger partial charge in [0, 0.05) is 10.4 Å². The number of aromatic nitrogens is 2. The number of nitrogens with zero attached hydrogens (tertiary/aromatic N) is 1. The molecule has 0 unspecified atom stereocenters. The number of thioether (sulfide) groups is 1. The minimum atomic E-state index is -0.116. The van der Waals surface area contributed by atoms with Crippen LogP contribution in [-0.4, -0.2) is 28.3 Å². The van der Waals surface area contributed by atoms with Gasteiger partial charge in [-0.15, -0.1) is 23.1 Å². The van der Waals surface area contributed by atoms with E-state index in [9.17, 15) is 9.59 Å². The summed E-state index contributed by atoms with van der Waals surface area (Å²) in [4.78, 5) is 33.8. The number of hydrogen-bond acceptors (Lipinski definition) is 7. The SMILES string of the molecule is Cc1sc2nc(CSCC(=O)c3ccc4c(c3)OCO4)[nH]c(=O)c2c1C. The van der Waals surface area contributed by atoms with Crippen LogP contribution in [0.25, 0.3) is 10.2 Å². The van der Waals surface area contributed by atoms with E-state index < -0.39 is 0 Å². The van der Waals surface area contributed by atoms with Crippen LogP contribution in [0.2, 0.25) is 0 Å². The Hall–Kier alpha value is -2.32. The summed E-state index contributed by atoms with van der Waals surface area (Å²) in [6.45, 7) is 4.11. The number of carbonyl (C=O) groups excluding carboxylic acids is 1. The van der Waals surface area contributed by atoms with Crippen molar-refractivity contribution in [3.63, 3.8) is 0 Å². The van der Waals surface area contributed by atoms with Gasteiger partial charge in [0.2, 0.25) is 6.79 Å². The number of nitrogens with one attached hydrogen (secondary N) is 1. The highest BCUT2D eigenvalue weighted by atomic mass is 32.2. The summed E-state index contributed by atoms with van der Waals surface area (Å²) in [6.07, 6.45) is 0. The molecule has 4 rings (SSSR count). The van der Waals surface area contributed by atoms with Gasteiger partial charge in [0.1, 0.15) is 10.7 Å². The van der Waals surface area contributed by atoms with Crippen molar-refractivity contribution in [2.75, 3.05) is 12.5 Å². The molecule has 134 valence electrons. The van der Waals surface area contributed by atoms with Crippen LogP contribution in [0.5, 0.6) is 11.5 Å². The third kappa shape index (κ3) is 3.10. The van der Waals surface area contributed by atoms with Gasteiger partial charge in [-0.1, -0.05) is 0 Å². The second kappa shape index (κ2) is 6.77. The first kappa shape index (κ1) is 17.1. The molecule has 3 heterocycles. The zero-order valence-electron chi connectivity index (χ0n) is 14.3. The Balaban J connectivity index is 1.44. The van der Waals surface area contributed by atoms with Gasteiger partial charge in [-0.25, -0.2) is 4.98 Å². The summed E-state index contributed by atoms with van der Waals surface area (Å²) in [5, 5.41) is 0.665. The lowest BCUT2D eigenvalue weighted by Gasteiger charge is -2.03. The van der Waals surface area contributed by atoms with E-state index in [4.69, 9.17) is 9.47 Å². The number of benzene rings is 1. The van der Waals surface area contributed by atoms with Crippen molar-refractivity contribution in [3.05, 3.63) is 50.4 Å². The van der Waals surface area contributed by atoms with E-state index in [0.29, 0.717) is 39.8 Å². The van der Waals surface area contributed by atoms with E-state index >= 15 is 0 Å². The van der Waals surface area contributed by atoms with Gasteiger partial charge in [-0.05, 0) is 37.6 Å². The van der Waals surface area contributed by atoms with Crippen molar-refractivity contribution < 1.29 is 14.3 Å². The van der Waals surface area contributed by atoms with E-state index in [1.54, 1.807) is 18.2 Å². The maximum atomic E-state index is 12.4. The number of carbonyl (C=O) groups is 1. The number of hydrogen-bond donors (Lipinski definition) is 1. The molecule has 1 aliphatic heterocycles. The smallest absolute Gasteiger partial charge is 0.259 e. The third-order valence-corrected chi connectivity index (χ3v) is 6.30. The van der Waals surface area contributed by atoms with Crippen molar-refractivity contribution >= 4 is 39.1 Å². The Morgan fingerprint density at radius 2 is 2.12 bits per heavy atom. The van der Waals surface area contributed by atoms with Crippen LogP contribution in [0.4, 0.5) is 0 Å². The van der Waals surface area contributed by atoms with Crippen LogP contribution in [0.1, 0.15) is 26.6 Å². The molecule has 3 aromatic rings. The zero-order chi connectivity index (χ0) is 18.3. The summed E-state index contributed by atoms with van der Waals surface area (Å²) in [5.74, 6) is 2.61. The number of H-pyrrole nitrogens is 1. The van der Waals surface area contributed by atoms with Crippen LogP contribution in [-0.2, 0) is 5.75 Å². The van der Waals surface area contributed by atoms with Gasteiger partial charge in [0.15, 0.2) is 17.3 Å². The maximum Gasteiger partial charge on any atom is 0.259 e. The molecule has 2 aromatic heterocycles. The summed E-state index contributed by atoms with van der Waals surface area (Å²) in [5.41, 5.74) is 1.45. The second-order valence-electron chi connectivity index (χ2n) is 5.96. The molecule has 1 aromatic carbocycles. The Morgan fingerprint density at radius 3 is 2.96 bits per heavy atom. The number of ketones is 1. The van der Waals surface area contributed by atoms with E-state index in [-0.39, 0.29) is 18.1 Å². The normalized spacial score (nSPS) is 12.7. The molecule has 8 heteroatoms. The van der Waals surface area contributed by atoms with Gasteiger partial charge < -0.3 is 14.5 Å². The van der Waals surface area contributed by atoms with Crippen molar-refractivity contribution in [3.8, 4) is 11.5 Å². The van der Waals surface area contributed by atoms with Crippen LogP contribution >= 0.6 is 23.1 Å². The number of Topliss-reactive ketones (excluding diaryl/α,β-unsaturated/α-hetero) is 1. The molecule has 6 nitrogen and oxygen atoms in total. The lowest BCUT2D eigenvalue weighted by Crippen LogP contribution is -2.11. The molecule has 0 amide bonds. The Bertz CT molecular complexity index is 1070. The molecule has 0 saturated heterocycles. The van der Waals surface area contributed by atoms with E-state index in [0.717, 1.165) is 15.3 Å². The fourth-order valence-corrected chi connectivity index (χ4v) is 4.59. The highest BCUT2D eigenvalue weighted by Crippen LogP contribution is 2.33. The molecule has 1 N–H and O–H groups in total. The minimum absolute atomic E-state index is 0.000428. The Kier molecular flexibility index (Phi) is 4.46. The lowest BCUT2D eigenvalue weighted by molar-refractivity contribution is 0.102. The zero-order valence-corrected chi connectivity index (χ0v) is 15.9. The van der Waals surface area contributed by atoms with Gasteiger partial charge in [-0.2, -0.15) is 0 Å². The number of thiophene rings is 1. The molecule has 0 fully saturated rings. The van der Waals surface area contributed by atoms with Crippen molar-refractivity contribution in [1.29, 1.82) is 0 Å². The second-order valence-corrected chi connectivity index (χ2v) is 8.15. The predicted octanol–water partition coefficient (Wildman–Crippen LogP) is 3.45. The number of aromatic amines is 1. The topological polar surface area (TPSA) is 81.3 Å². The first-order chi connectivity index (χ1) is 12.5. The van der Waals surface area contributed by atoms with Gasteiger partial charge in [0.05, 0.1) is 16.9 Å². The molecular formula is C18H16N2O4S2.